The second-order valence-electron chi connectivity index (χ2n) is 5.77. The third-order valence-corrected chi connectivity index (χ3v) is 5.07. The summed E-state index contributed by atoms with van der Waals surface area (Å²) in [5, 5.41) is 3.24. The molecule has 1 fully saturated rings. The van der Waals surface area contributed by atoms with Crippen LogP contribution < -0.4 is 10.0 Å². The summed E-state index contributed by atoms with van der Waals surface area (Å²) in [7, 11) is -3.10. The highest BCUT2D eigenvalue weighted by Gasteiger charge is 2.25. The molecular weight excluding hydrogens is 248 g/mol. The monoisotopic (exact) mass is 276 g/mol. The van der Waals surface area contributed by atoms with Crippen molar-refractivity contribution in [3.8, 4) is 0 Å². The first-order valence-corrected chi connectivity index (χ1v) is 8.79. The summed E-state index contributed by atoms with van der Waals surface area (Å²) >= 11 is 0. The number of nitrogens with one attached hydrogen (secondary N) is 2. The first-order valence-electron chi connectivity index (χ1n) is 7.14. The van der Waals surface area contributed by atoms with Gasteiger partial charge < -0.3 is 5.32 Å². The van der Waals surface area contributed by atoms with Gasteiger partial charge in [-0.3, -0.25) is 0 Å². The molecular formula is C13H28N2O2S. The predicted octanol–water partition coefficient (Wildman–Crippen LogP) is 1.87. The Morgan fingerprint density at radius 3 is 2.50 bits per heavy atom. The van der Waals surface area contributed by atoms with Crippen molar-refractivity contribution in [3.05, 3.63) is 0 Å². The number of hydrogen-bond donors (Lipinski definition) is 2. The van der Waals surface area contributed by atoms with E-state index in [-0.39, 0.29) is 11.8 Å². The van der Waals surface area contributed by atoms with Gasteiger partial charge in [-0.1, -0.05) is 33.6 Å². The van der Waals surface area contributed by atoms with Gasteiger partial charge in [0.1, 0.15) is 0 Å². The van der Waals surface area contributed by atoms with Crippen LogP contribution in [0.5, 0.6) is 0 Å². The molecule has 0 aromatic rings. The van der Waals surface area contributed by atoms with E-state index in [0.29, 0.717) is 18.4 Å². The number of rotatable bonds is 7. The van der Waals surface area contributed by atoms with E-state index < -0.39 is 10.0 Å². The molecule has 2 atom stereocenters. The van der Waals surface area contributed by atoms with Gasteiger partial charge in [-0.15, -0.1) is 0 Å². The van der Waals surface area contributed by atoms with E-state index in [0.717, 1.165) is 25.8 Å². The Bertz CT molecular complexity index is 328. The molecule has 0 bridgehead atoms. The molecule has 108 valence electrons. The first-order chi connectivity index (χ1) is 8.41. The minimum absolute atomic E-state index is 0.154. The molecule has 1 aliphatic carbocycles. The lowest BCUT2D eigenvalue weighted by Gasteiger charge is -2.29. The molecule has 0 aromatic heterocycles. The fourth-order valence-electron chi connectivity index (χ4n) is 2.43. The fourth-order valence-corrected chi connectivity index (χ4v) is 3.89. The molecule has 0 amide bonds. The summed E-state index contributed by atoms with van der Waals surface area (Å²) in [6.07, 6.45) is 5.19. The molecule has 0 aliphatic heterocycles. The third kappa shape index (κ3) is 6.16. The van der Waals surface area contributed by atoms with E-state index in [1.165, 1.54) is 6.42 Å². The minimum atomic E-state index is -3.10. The van der Waals surface area contributed by atoms with Gasteiger partial charge in [0.2, 0.25) is 10.0 Å². The largest absolute Gasteiger partial charge is 0.314 e. The number of sulfonamides is 1. The van der Waals surface area contributed by atoms with Crippen molar-refractivity contribution in [1.29, 1.82) is 0 Å². The maximum absolute atomic E-state index is 12.0. The average molecular weight is 276 g/mol. The predicted molar refractivity (Wildman–Crippen MR) is 76.1 cm³/mol. The zero-order valence-corrected chi connectivity index (χ0v) is 12.7. The number of hydrogen-bond acceptors (Lipinski definition) is 3. The highest BCUT2D eigenvalue weighted by molar-refractivity contribution is 7.89. The van der Waals surface area contributed by atoms with Crippen molar-refractivity contribution >= 4 is 10.0 Å². The van der Waals surface area contributed by atoms with Crippen molar-refractivity contribution in [2.45, 2.75) is 65.0 Å². The SMILES string of the molecule is CC(C)NCCCS(=O)(=O)NC1CCCCC1C. The van der Waals surface area contributed by atoms with Gasteiger partial charge in [0.05, 0.1) is 5.75 Å². The van der Waals surface area contributed by atoms with Crippen LogP contribution >= 0.6 is 0 Å². The topological polar surface area (TPSA) is 58.2 Å². The van der Waals surface area contributed by atoms with Gasteiger partial charge in [0.15, 0.2) is 0 Å². The molecule has 1 rings (SSSR count). The zero-order chi connectivity index (χ0) is 13.6. The van der Waals surface area contributed by atoms with Gasteiger partial charge in [-0.05, 0) is 31.7 Å². The maximum Gasteiger partial charge on any atom is 0.211 e. The Kier molecular flexibility index (Phi) is 6.60. The summed E-state index contributed by atoms with van der Waals surface area (Å²) in [4.78, 5) is 0. The molecule has 0 saturated heterocycles. The standard InChI is InChI=1S/C13H28N2O2S/c1-11(2)14-9-6-10-18(16,17)15-13-8-5-4-7-12(13)3/h11-15H,4-10H2,1-3H3. The van der Waals surface area contributed by atoms with Crippen LogP contribution in [-0.4, -0.2) is 32.8 Å². The van der Waals surface area contributed by atoms with Crippen molar-refractivity contribution in [2.75, 3.05) is 12.3 Å². The Hall–Kier alpha value is -0.130. The fraction of sp³-hybridized carbons (Fsp3) is 1.00. The molecule has 1 saturated carbocycles. The van der Waals surface area contributed by atoms with E-state index in [1.54, 1.807) is 0 Å². The third-order valence-electron chi connectivity index (χ3n) is 3.58. The Labute approximate surface area is 112 Å². The van der Waals surface area contributed by atoms with Gasteiger partial charge in [0.25, 0.3) is 0 Å². The van der Waals surface area contributed by atoms with E-state index >= 15 is 0 Å². The molecule has 18 heavy (non-hydrogen) atoms. The summed E-state index contributed by atoms with van der Waals surface area (Å²) < 4.78 is 26.8. The van der Waals surface area contributed by atoms with Crippen LogP contribution in [0.2, 0.25) is 0 Å². The van der Waals surface area contributed by atoms with Crippen LogP contribution in [0, 0.1) is 5.92 Å². The average Bonchev–Trinajstić information content (AvgIpc) is 2.27. The summed E-state index contributed by atoms with van der Waals surface area (Å²) in [6, 6.07) is 0.570. The Morgan fingerprint density at radius 1 is 1.22 bits per heavy atom. The summed E-state index contributed by atoms with van der Waals surface area (Å²) in [5.41, 5.74) is 0. The van der Waals surface area contributed by atoms with Crippen molar-refractivity contribution in [2.24, 2.45) is 5.92 Å². The van der Waals surface area contributed by atoms with Crippen LogP contribution in [0.15, 0.2) is 0 Å². The molecule has 2 N–H and O–H groups in total. The highest BCUT2D eigenvalue weighted by Crippen LogP contribution is 2.24. The quantitative estimate of drug-likeness (QED) is 0.698. The van der Waals surface area contributed by atoms with E-state index in [2.05, 4.69) is 30.8 Å². The van der Waals surface area contributed by atoms with Crippen molar-refractivity contribution in [1.82, 2.24) is 10.0 Å². The lowest BCUT2D eigenvalue weighted by Crippen LogP contribution is -2.42. The van der Waals surface area contributed by atoms with Gasteiger partial charge in [0, 0.05) is 12.1 Å². The molecule has 0 aromatic carbocycles. The second kappa shape index (κ2) is 7.46. The molecule has 0 spiro atoms. The maximum atomic E-state index is 12.0. The highest BCUT2D eigenvalue weighted by atomic mass is 32.2. The van der Waals surface area contributed by atoms with Crippen LogP contribution in [0.25, 0.3) is 0 Å². The smallest absolute Gasteiger partial charge is 0.211 e. The normalized spacial score (nSPS) is 25.6. The van der Waals surface area contributed by atoms with E-state index in [1.807, 2.05) is 0 Å². The molecule has 1 aliphatic rings. The van der Waals surface area contributed by atoms with E-state index in [4.69, 9.17) is 0 Å². The molecule has 5 heteroatoms. The summed E-state index contributed by atoms with van der Waals surface area (Å²) in [5.74, 6) is 0.706. The first kappa shape index (κ1) is 15.9. The van der Waals surface area contributed by atoms with Crippen molar-refractivity contribution in [3.63, 3.8) is 0 Å². The Morgan fingerprint density at radius 2 is 1.89 bits per heavy atom. The molecule has 4 nitrogen and oxygen atoms in total. The van der Waals surface area contributed by atoms with Crippen LogP contribution in [0.4, 0.5) is 0 Å². The minimum Gasteiger partial charge on any atom is -0.314 e. The van der Waals surface area contributed by atoms with Crippen LogP contribution in [0.3, 0.4) is 0 Å². The van der Waals surface area contributed by atoms with E-state index in [9.17, 15) is 8.42 Å². The molecule has 0 radical (unpaired) electrons. The van der Waals surface area contributed by atoms with Gasteiger partial charge >= 0.3 is 0 Å². The molecule has 0 heterocycles. The van der Waals surface area contributed by atoms with Gasteiger partial charge in [-0.2, -0.15) is 0 Å². The summed E-state index contributed by atoms with van der Waals surface area (Å²) in [6.45, 7) is 7.04. The lowest BCUT2D eigenvalue weighted by molar-refractivity contribution is 0.310. The van der Waals surface area contributed by atoms with Crippen LogP contribution in [-0.2, 0) is 10.0 Å². The Balaban J connectivity index is 2.30. The van der Waals surface area contributed by atoms with Gasteiger partial charge in [-0.25, -0.2) is 13.1 Å². The zero-order valence-electron chi connectivity index (χ0n) is 11.9. The van der Waals surface area contributed by atoms with Crippen molar-refractivity contribution < 1.29 is 8.42 Å². The van der Waals surface area contributed by atoms with Crippen LogP contribution in [0.1, 0.15) is 52.9 Å². The molecule has 2 unspecified atom stereocenters. The lowest BCUT2D eigenvalue weighted by atomic mass is 9.87. The second-order valence-corrected chi connectivity index (χ2v) is 7.64.